The zero-order chi connectivity index (χ0) is 14.8. The standard InChI is InChI=1S/C16H15ClN2O2/c17-12-2-4-14(18)11(7-12)9-21-13-3-5-15-10(8-13)1-6-16(20)19-15/h2-5,7-8H,1,6,9,18H2,(H,19,20). The van der Waals surface area contributed by atoms with Gasteiger partial charge in [0.1, 0.15) is 12.4 Å². The van der Waals surface area contributed by atoms with E-state index in [0.717, 1.165) is 29.0 Å². The van der Waals surface area contributed by atoms with Gasteiger partial charge < -0.3 is 15.8 Å². The van der Waals surface area contributed by atoms with Crippen LogP contribution in [0.2, 0.25) is 5.02 Å². The lowest BCUT2D eigenvalue weighted by molar-refractivity contribution is -0.116. The highest BCUT2D eigenvalue weighted by molar-refractivity contribution is 6.30. The number of nitrogens with two attached hydrogens (primary N) is 1. The summed E-state index contributed by atoms with van der Waals surface area (Å²) in [5.41, 5.74) is 9.36. The van der Waals surface area contributed by atoms with Gasteiger partial charge in [0, 0.05) is 28.4 Å². The number of hydrogen-bond donors (Lipinski definition) is 2. The molecule has 0 saturated heterocycles. The van der Waals surface area contributed by atoms with Crippen molar-refractivity contribution in [3.05, 3.63) is 52.5 Å². The quantitative estimate of drug-likeness (QED) is 0.854. The van der Waals surface area contributed by atoms with Gasteiger partial charge >= 0.3 is 0 Å². The zero-order valence-electron chi connectivity index (χ0n) is 11.4. The first-order chi connectivity index (χ1) is 10.1. The third kappa shape index (κ3) is 3.11. The topological polar surface area (TPSA) is 64.3 Å². The molecule has 0 bridgehead atoms. The largest absolute Gasteiger partial charge is 0.489 e. The van der Waals surface area contributed by atoms with Crippen molar-refractivity contribution in [3.63, 3.8) is 0 Å². The van der Waals surface area contributed by atoms with Crippen molar-refractivity contribution >= 4 is 28.9 Å². The van der Waals surface area contributed by atoms with Gasteiger partial charge in [0.25, 0.3) is 0 Å². The van der Waals surface area contributed by atoms with Crippen molar-refractivity contribution < 1.29 is 9.53 Å². The molecule has 0 aromatic heterocycles. The van der Waals surface area contributed by atoms with E-state index in [2.05, 4.69) is 5.32 Å². The third-order valence-corrected chi connectivity index (χ3v) is 3.71. The van der Waals surface area contributed by atoms with Gasteiger partial charge in [-0.15, -0.1) is 0 Å². The molecule has 0 atom stereocenters. The van der Waals surface area contributed by atoms with Gasteiger partial charge in [-0.05, 0) is 48.4 Å². The van der Waals surface area contributed by atoms with E-state index in [-0.39, 0.29) is 5.91 Å². The maximum absolute atomic E-state index is 11.3. The van der Waals surface area contributed by atoms with Crippen molar-refractivity contribution in [2.45, 2.75) is 19.4 Å². The van der Waals surface area contributed by atoms with Crippen LogP contribution in [0.3, 0.4) is 0 Å². The molecule has 3 rings (SSSR count). The van der Waals surface area contributed by atoms with E-state index >= 15 is 0 Å². The summed E-state index contributed by atoms with van der Waals surface area (Å²) in [6, 6.07) is 11.0. The minimum Gasteiger partial charge on any atom is -0.489 e. The summed E-state index contributed by atoms with van der Waals surface area (Å²) in [6.45, 7) is 0.359. The first kappa shape index (κ1) is 13.8. The van der Waals surface area contributed by atoms with E-state index in [4.69, 9.17) is 22.1 Å². The summed E-state index contributed by atoms with van der Waals surface area (Å²) < 4.78 is 5.77. The third-order valence-electron chi connectivity index (χ3n) is 3.47. The smallest absolute Gasteiger partial charge is 0.224 e. The van der Waals surface area contributed by atoms with Crippen molar-refractivity contribution in [2.24, 2.45) is 0 Å². The molecule has 0 aliphatic carbocycles. The normalized spacial score (nSPS) is 13.5. The predicted molar refractivity (Wildman–Crippen MR) is 83.6 cm³/mol. The van der Waals surface area contributed by atoms with E-state index in [0.29, 0.717) is 23.7 Å². The van der Waals surface area contributed by atoms with Crippen molar-refractivity contribution in [3.8, 4) is 5.75 Å². The molecular weight excluding hydrogens is 288 g/mol. The van der Waals surface area contributed by atoms with E-state index in [1.54, 1.807) is 18.2 Å². The molecule has 1 aliphatic rings. The van der Waals surface area contributed by atoms with Gasteiger partial charge in [-0.25, -0.2) is 0 Å². The molecule has 21 heavy (non-hydrogen) atoms. The molecule has 5 heteroatoms. The number of aryl methyl sites for hydroxylation is 1. The van der Waals surface area contributed by atoms with Crippen molar-refractivity contribution in [1.29, 1.82) is 0 Å². The lowest BCUT2D eigenvalue weighted by atomic mass is 10.0. The maximum atomic E-state index is 11.3. The molecule has 2 aromatic carbocycles. The summed E-state index contributed by atoms with van der Waals surface area (Å²) in [4.78, 5) is 11.3. The Morgan fingerprint density at radius 2 is 2.05 bits per heavy atom. The van der Waals surface area contributed by atoms with Crippen LogP contribution < -0.4 is 15.8 Å². The molecule has 3 N–H and O–H groups in total. The van der Waals surface area contributed by atoms with Gasteiger partial charge in [-0.2, -0.15) is 0 Å². The van der Waals surface area contributed by atoms with Crippen LogP contribution in [-0.2, 0) is 17.8 Å². The lowest BCUT2D eigenvalue weighted by Crippen LogP contribution is -2.18. The molecule has 4 nitrogen and oxygen atoms in total. The fraction of sp³-hybridized carbons (Fsp3) is 0.188. The summed E-state index contributed by atoms with van der Waals surface area (Å²) >= 11 is 5.96. The zero-order valence-corrected chi connectivity index (χ0v) is 12.1. The van der Waals surface area contributed by atoms with E-state index in [1.165, 1.54) is 0 Å². The van der Waals surface area contributed by atoms with Crippen LogP contribution in [0.1, 0.15) is 17.5 Å². The highest BCUT2D eigenvalue weighted by atomic mass is 35.5. The molecule has 1 heterocycles. The Balaban J connectivity index is 1.74. The van der Waals surface area contributed by atoms with E-state index in [9.17, 15) is 4.79 Å². The first-order valence-corrected chi connectivity index (χ1v) is 7.09. The maximum Gasteiger partial charge on any atom is 0.224 e. The first-order valence-electron chi connectivity index (χ1n) is 6.71. The Bertz CT molecular complexity index is 701. The number of rotatable bonds is 3. The minimum absolute atomic E-state index is 0.0582. The molecule has 108 valence electrons. The number of amides is 1. The van der Waals surface area contributed by atoms with Crippen LogP contribution in [0.5, 0.6) is 5.75 Å². The lowest BCUT2D eigenvalue weighted by Gasteiger charge is -2.18. The fourth-order valence-electron chi connectivity index (χ4n) is 2.31. The molecule has 1 amide bonds. The monoisotopic (exact) mass is 302 g/mol. The number of nitrogen functional groups attached to an aromatic ring is 1. The second kappa shape index (κ2) is 5.66. The number of ether oxygens (including phenoxy) is 1. The SMILES string of the molecule is Nc1ccc(Cl)cc1COc1ccc2c(c1)CCC(=O)N2. The molecule has 0 radical (unpaired) electrons. The predicted octanol–water partition coefficient (Wildman–Crippen LogP) is 3.39. The summed E-state index contributed by atoms with van der Waals surface area (Å²) in [6.07, 6.45) is 1.25. The molecule has 0 saturated carbocycles. The minimum atomic E-state index is 0.0582. The number of fused-ring (bicyclic) bond motifs is 1. The highest BCUT2D eigenvalue weighted by Crippen LogP contribution is 2.28. The molecule has 0 fully saturated rings. The number of halogens is 1. The molecule has 2 aromatic rings. The van der Waals surface area contributed by atoms with Gasteiger partial charge in [0.05, 0.1) is 0 Å². The summed E-state index contributed by atoms with van der Waals surface area (Å²) in [5.74, 6) is 0.812. The van der Waals surface area contributed by atoms with Crippen LogP contribution in [0.15, 0.2) is 36.4 Å². The van der Waals surface area contributed by atoms with Crippen LogP contribution in [-0.4, -0.2) is 5.91 Å². The van der Waals surface area contributed by atoms with Crippen molar-refractivity contribution in [1.82, 2.24) is 0 Å². The number of carbonyl (C=O) groups is 1. The Hall–Kier alpha value is -2.20. The number of hydrogen-bond acceptors (Lipinski definition) is 3. The van der Waals surface area contributed by atoms with Gasteiger partial charge in [-0.1, -0.05) is 11.6 Å². The van der Waals surface area contributed by atoms with Crippen LogP contribution >= 0.6 is 11.6 Å². The number of nitrogens with one attached hydrogen (secondary N) is 1. The number of anilines is 2. The molecule has 0 spiro atoms. The average molecular weight is 303 g/mol. The van der Waals surface area contributed by atoms with Gasteiger partial charge in [-0.3, -0.25) is 4.79 Å². The van der Waals surface area contributed by atoms with Crippen LogP contribution in [0, 0.1) is 0 Å². The van der Waals surface area contributed by atoms with Crippen molar-refractivity contribution in [2.75, 3.05) is 11.1 Å². The van der Waals surface area contributed by atoms with Gasteiger partial charge in [0.15, 0.2) is 0 Å². The Morgan fingerprint density at radius 3 is 2.90 bits per heavy atom. The van der Waals surface area contributed by atoms with E-state index in [1.807, 2.05) is 18.2 Å². The molecular formula is C16H15ClN2O2. The summed E-state index contributed by atoms with van der Waals surface area (Å²) in [7, 11) is 0. The Morgan fingerprint density at radius 1 is 1.19 bits per heavy atom. The average Bonchev–Trinajstić information content (AvgIpc) is 2.48. The van der Waals surface area contributed by atoms with Crippen LogP contribution in [0.25, 0.3) is 0 Å². The second-order valence-electron chi connectivity index (χ2n) is 5.00. The van der Waals surface area contributed by atoms with Gasteiger partial charge in [0.2, 0.25) is 5.91 Å². The highest BCUT2D eigenvalue weighted by Gasteiger charge is 2.15. The molecule has 1 aliphatic heterocycles. The Labute approximate surface area is 127 Å². The number of carbonyl (C=O) groups excluding carboxylic acids is 1. The molecule has 0 unspecified atom stereocenters. The fourth-order valence-corrected chi connectivity index (χ4v) is 2.50. The second-order valence-corrected chi connectivity index (χ2v) is 5.44. The Kier molecular flexibility index (Phi) is 3.71. The van der Waals surface area contributed by atoms with E-state index < -0.39 is 0 Å². The van der Waals surface area contributed by atoms with Crippen LogP contribution in [0.4, 0.5) is 11.4 Å². The number of benzene rings is 2. The summed E-state index contributed by atoms with van der Waals surface area (Å²) in [5, 5.41) is 3.48.